The Morgan fingerprint density at radius 2 is 1.96 bits per heavy atom. The van der Waals surface area contributed by atoms with Crippen LogP contribution in [0.4, 0.5) is 16.4 Å². The molecule has 1 aromatic heterocycles. The van der Waals surface area contributed by atoms with Crippen LogP contribution < -0.4 is 10.6 Å². The zero-order chi connectivity index (χ0) is 20.4. The standard InChI is InChI=1S/C18H17N3O6S/c1-9-13(18(24)27-2)17(20-15(22)10-6-7-10)28-14(9)16(23)19-11-4-3-5-12(8-11)21(25)26/h3-5,8,10H,6-7H2,1-2H3,(H,19,23)(H,20,22). The minimum absolute atomic E-state index is 0.0740. The lowest BCUT2D eigenvalue weighted by atomic mass is 10.1. The normalized spacial score (nSPS) is 12.9. The fourth-order valence-electron chi connectivity index (χ4n) is 2.61. The van der Waals surface area contributed by atoms with E-state index in [1.54, 1.807) is 6.92 Å². The van der Waals surface area contributed by atoms with Gasteiger partial charge in [0.2, 0.25) is 5.91 Å². The molecule has 3 rings (SSSR count). The summed E-state index contributed by atoms with van der Waals surface area (Å²) in [5.74, 6) is -1.47. The number of ether oxygens (including phenoxy) is 1. The van der Waals surface area contributed by atoms with Crippen molar-refractivity contribution in [2.75, 3.05) is 17.7 Å². The molecule has 2 amide bonds. The van der Waals surface area contributed by atoms with E-state index in [4.69, 9.17) is 4.74 Å². The summed E-state index contributed by atoms with van der Waals surface area (Å²) in [7, 11) is 1.22. The van der Waals surface area contributed by atoms with Crippen molar-refractivity contribution in [3.63, 3.8) is 0 Å². The average Bonchev–Trinajstić information content (AvgIpc) is 3.46. The van der Waals surface area contributed by atoms with Gasteiger partial charge in [0.1, 0.15) is 5.00 Å². The van der Waals surface area contributed by atoms with Gasteiger partial charge in [-0.15, -0.1) is 11.3 Å². The third-order valence-electron chi connectivity index (χ3n) is 4.24. The monoisotopic (exact) mass is 403 g/mol. The van der Waals surface area contributed by atoms with Crippen LogP contribution in [0.15, 0.2) is 24.3 Å². The summed E-state index contributed by atoms with van der Waals surface area (Å²) < 4.78 is 4.78. The zero-order valence-corrected chi connectivity index (χ0v) is 15.9. The number of benzene rings is 1. The summed E-state index contributed by atoms with van der Waals surface area (Å²) in [6, 6.07) is 5.52. The molecule has 0 atom stereocenters. The summed E-state index contributed by atoms with van der Waals surface area (Å²) in [6.45, 7) is 1.58. The Morgan fingerprint density at radius 1 is 1.25 bits per heavy atom. The molecule has 146 valence electrons. The fourth-order valence-corrected chi connectivity index (χ4v) is 3.70. The van der Waals surface area contributed by atoms with Crippen molar-refractivity contribution < 1.29 is 24.0 Å². The first-order chi connectivity index (χ1) is 13.3. The van der Waals surface area contributed by atoms with E-state index < -0.39 is 16.8 Å². The van der Waals surface area contributed by atoms with Gasteiger partial charge in [-0.1, -0.05) is 6.07 Å². The number of hydrogen-bond donors (Lipinski definition) is 2. The van der Waals surface area contributed by atoms with Crippen LogP contribution in [0.5, 0.6) is 0 Å². The summed E-state index contributed by atoms with van der Waals surface area (Å²) in [5, 5.41) is 16.4. The van der Waals surface area contributed by atoms with Crippen LogP contribution >= 0.6 is 11.3 Å². The Bertz CT molecular complexity index is 980. The average molecular weight is 403 g/mol. The molecule has 2 aromatic rings. The second kappa shape index (κ2) is 7.77. The van der Waals surface area contributed by atoms with Crippen molar-refractivity contribution in [3.8, 4) is 0 Å². The SMILES string of the molecule is COC(=O)c1c(NC(=O)C2CC2)sc(C(=O)Nc2cccc([N+](=O)[O-])c2)c1C. The Kier molecular flexibility index (Phi) is 5.41. The van der Waals surface area contributed by atoms with Crippen LogP contribution in [0.3, 0.4) is 0 Å². The van der Waals surface area contributed by atoms with Gasteiger partial charge in [-0.3, -0.25) is 19.7 Å². The Labute approximate surface area is 163 Å². The van der Waals surface area contributed by atoms with Crippen molar-refractivity contribution in [3.05, 3.63) is 50.4 Å². The summed E-state index contributed by atoms with van der Waals surface area (Å²) in [5.41, 5.74) is 0.583. The molecular formula is C18H17N3O6S. The first kappa shape index (κ1) is 19.5. The van der Waals surface area contributed by atoms with E-state index in [-0.39, 0.29) is 38.6 Å². The third-order valence-corrected chi connectivity index (χ3v) is 5.45. The molecule has 1 aliphatic rings. The number of carbonyl (C=O) groups excluding carboxylic acids is 3. The van der Waals surface area contributed by atoms with Crippen molar-refractivity contribution in [1.29, 1.82) is 0 Å². The van der Waals surface area contributed by atoms with Gasteiger partial charge in [-0.2, -0.15) is 0 Å². The number of nitrogens with zero attached hydrogens (tertiary/aromatic N) is 1. The molecule has 1 fully saturated rings. The van der Waals surface area contributed by atoms with E-state index in [1.807, 2.05) is 0 Å². The van der Waals surface area contributed by atoms with Crippen molar-refractivity contribution >= 4 is 45.5 Å². The minimum Gasteiger partial charge on any atom is -0.465 e. The molecule has 1 aliphatic carbocycles. The van der Waals surface area contributed by atoms with Crippen LogP contribution in [-0.4, -0.2) is 29.8 Å². The van der Waals surface area contributed by atoms with Gasteiger partial charge in [0.15, 0.2) is 0 Å². The quantitative estimate of drug-likeness (QED) is 0.432. The Hall–Kier alpha value is -3.27. The van der Waals surface area contributed by atoms with E-state index in [0.29, 0.717) is 5.56 Å². The predicted octanol–water partition coefficient (Wildman–Crippen LogP) is 3.35. The molecule has 28 heavy (non-hydrogen) atoms. The van der Waals surface area contributed by atoms with Crippen LogP contribution in [-0.2, 0) is 9.53 Å². The Morgan fingerprint density at radius 3 is 2.57 bits per heavy atom. The number of carbonyl (C=O) groups is 3. The number of thiophene rings is 1. The maximum atomic E-state index is 12.7. The summed E-state index contributed by atoms with van der Waals surface area (Å²) >= 11 is 0.962. The molecule has 0 unspecified atom stereocenters. The first-order valence-electron chi connectivity index (χ1n) is 8.40. The Balaban J connectivity index is 1.89. The van der Waals surface area contributed by atoms with Gasteiger partial charge in [0.05, 0.1) is 22.5 Å². The highest BCUT2D eigenvalue weighted by Gasteiger charge is 2.32. The molecule has 0 bridgehead atoms. The maximum Gasteiger partial charge on any atom is 0.341 e. The van der Waals surface area contributed by atoms with E-state index in [1.165, 1.54) is 31.4 Å². The zero-order valence-electron chi connectivity index (χ0n) is 15.1. The van der Waals surface area contributed by atoms with Gasteiger partial charge in [-0.25, -0.2) is 4.79 Å². The number of esters is 1. The molecule has 0 spiro atoms. The summed E-state index contributed by atoms with van der Waals surface area (Å²) in [6.07, 6.45) is 1.59. The number of rotatable bonds is 6. The smallest absolute Gasteiger partial charge is 0.341 e. The third kappa shape index (κ3) is 4.01. The second-order valence-electron chi connectivity index (χ2n) is 6.28. The molecular weight excluding hydrogens is 386 g/mol. The van der Waals surface area contributed by atoms with E-state index in [9.17, 15) is 24.5 Å². The van der Waals surface area contributed by atoms with Gasteiger partial charge in [0, 0.05) is 23.7 Å². The van der Waals surface area contributed by atoms with E-state index in [0.717, 1.165) is 24.2 Å². The van der Waals surface area contributed by atoms with E-state index >= 15 is 0 Å². The number of nitro groups is 1. The molecule has 1 saturated carbocycles. The highest BCUT2D eigenvalue weighted by Crippen LogP contribution is 2.37. The molecule has 9 nitrogen and oxygen atoms in total. The number of nitrogens with one attached hydrogen (secondary N) is 2. The maximum absolute atomic E-state index is 12.7. The van der Waals surface area contributed by atoms with Crippen molar-refractivity contribution in [2.45, 2.75) is 19.8 Å². The molecule has 1 heterocycles. The topological polar surface area (TPSA) is 128 Å². The van der Waals surface area contributed by atoms with Crippen molar-refractivity contribution in [2.24, 2.45) is 5.92 Å². The lowest BCUT2D eigenvalue weighted by Gasteiger charge is -2.05. The molecule has 0 aliphatic heterocycles. The van der Waals surface area contributed by atoms with Gasteiger partial charge in [-0.05, 0) is 31.4 Å². The van der Waals surface area contributed by atoms with Crippen LogP contribution in [0.2, 0.25) is 0 Å². The van der Waals surface area contributed by atoms with Crippen LogP contribution in [0.25, 0.3) is 0 Å². The highest BCUT2D eigenvalue weighted by molar-refractivity contribution is 7.19. The number of anilines is 2. The molecule has 10 heteroatoms. The molecule has 1 aromatic carbocycles. The lowest BCUT2D eigenvalue weighted by Crippen LogP contribution is -2.15. The van der Waals surface area contributed by atoms with Crippen LogP contribution in [0.1, 0.15) is 38.4 Å². The lowest BCUT2D eigenvalue weighted by molar-refractivity contribution is -0.384. The number of nitro benzene ring substituents is 1. The number of amides is 2. The molecule has 0 radical (unpaired) electrons. The second-order valence-corrected chi connectivity index (χ2v) is 7.30. The van der Waals surface area contributed by atoms with Gasteiger partial charge >= 0.3 is 5.97 Å². The fraction of sp³-hybridized carbons (Fsp3) is 0.278. The first-order valence-corrected chi connectivity index (χ1v) is 9.21. The highest BCUT2D eigenvalue weighted by atomic mass is 32.1. The summed E-state index contributed by atoms with van der Waals surface area (Å²) in [4.78, 5) is 47.5. The minimum atomic E-state index is -0.658. The van der Waals surface area contributed by atoms with Crippen LogP contribution in [0, 0.1) is 23.0 Å². The number of methoxy groups -OCH3 is 1. The van der Waals surface area contributed by atoms with E-state index in [2.05, 4.69) is 10.6 Å². The molecule has 2 N–H and O–H groups in total. The predicted molar refractivity (Wildman–Crippen MR) is 103 cm³/mol. The molecule has 0 saturated heterocycles. The van der Waals surface area contributed by atoms with Gasteiger partial charge in [0.25, 0.3) is 11.6 Å². The van der Waals surface area contributed by atoms with Crippen molar-refractivity contribution in [1.82, 2.24) is 0 Å². The van der Waals surface area contributed by atoms with Gasteiger partial charge < -0.3 is 15.4 Å². The largest absolute Gasteiger partial charge is 0.465 e. The number of non-ortho nitro benzene ring substituents is 1. The number of hydrogen-bond acceptors (Lipinski definition) is 7.